The van der Waals surface area contributed by atoms with Gasteiger partial charge in [-0.1, -0.05) is 49.4 Å². The first-order valence-corrected chi connectivity index (χ1v) is 11.6. The van der Waals surface area contributed by atoms with Crippen LogP contribution in [0.1, 0.15) is 41.6 Å². The van der Waals surface area contributed by atoms with E-state index in [1.807, 2.05) is 56.7 Å². The van der Waals surface area contributed by atoms with Crippen molar-refractivity contribution in [3.05, 3.63) is 65.5 Å². The zero-order valence-corrected chi connectivity index (χ0v) is 20.3. The van der Waals surface area contributed by atoms with Gasteiger partial charge in [0.25, 0.3) is 5.91 Å². The highest BCUT2D eigenvalue weighted by atomic mass is 32.2. The number of benzene rings is 2. The van der Waals surface area contributed by atoms with Crippen LogP contribution >= 0.6 is 11.8 Å². The lowest BCUT2D eigenvalue weighted by atomic mass is 10.0. The number of methoxy groups -OCH3 is 1. The zero-order valence-electron chi connectivity index (χ0n) is 19.5. The monoisotopic (exact) mass is 467 g/mol. The van der Waals surface area contributed by atoms with Crippen molar-refractivity contribution in [1.29, 1.82) is 0 Å². The fraction of sp³-hybridized carbons (Fsp3) is 0.333. The topological polar surface area (TPSA) is 98.1 Å². The third-order valence-corrected chi connectivity index (χ3v) is 6.12. The summed E-state index contributed by atoms with van der Waals surface area (Å²) in [5.74, 6) is 1.25. The largest absolute Gasteiger partial charge is 0.497 e. The van der Waals surface area contributed by atoms with Crippen molar-refractivity contribution < 1.29 is 14.3 Å². The van der Waals surface area contributed by atoms with Gasteiger partial charge in [-0.15, -0.1) is 10.2 Å². The third kappa shape index (κ3) is 6.35. The van der Waals surface area contributed by atoms with Crippen molar-refractivity contribution in [1.82, 2.24) is 20.1 Å². The number of aryl methyl sites for hydroxylation is 1. The molecule has 0 saturated carbocycles. The van der Waals surface area contributed by atoms with Gasteiger partial charge in [0.2, 0.25) is 5.91 Å². The van der Waals surface area contributed by atoms with Gasteiger partial charge in [-0.3, -0.25) is 9.59 Å². The van der Waals surface area contributed by atoms with Crippen molar-refractivity contribution in [2.75, 3.05) is 18.2 Å². The number of aromatic nitrogens is 3. The fourth-order valence-corrected chi connectivity index (χ4v) is 3.93. The summed E-state index contributed by atoms with van der Waals surface area (Å²) in [7, 11) is 3.42. The van der Waals surface area contributed by atoms with E-state index in [2.05, 4.69) is 20.8 Å². The second-order valence-corrected chi connectivity index (χ2v) is 8.97. The molecule has 0 aliphatic heterocycles. The van der Waals surface area contributed by atoms with Crippen LogP contribution in [0.5, 0.6) is 5.75 Å². The number of nitrogens with one attached hydrogen (secondary N) is 2. The summed E-state index contributed by atoms with van der Waals surface area (Å²) < 4.78 is 7.00. The van der Waals surface area contributed by atoms with Crippen molar-refractivity contribution in [2.45, 2.75) is 32.0 Å². The van der Waals surface area contributed by atoms with Crippen LogP contribution in [-0.4, -0.2) is 39.4 Å². The Kier molecular flexibility index (Phi) is 8.11. The van der Waals surface area contributed by atoms with Gasteiger partial charge >= 0.3 is 0 Å². The van der Waals surface area contributed by atoms with Crippen LogP contribution in [0.25, 0.3) is 0 Å². The molecule has 0 spiro atoms. The van der Waals surface area contributed by atoms with E-state index in [-0.39, 0.29) is 29.5 Å². The Morgan fingerprint density at radius 1 is 1.12 bits per heavy atom. The average molecular weight is 468 g/mol. The second kappa shape index (κ2) is 11.0. The summed E-state index contributed by atoms with van der Waals surface area (Å²) in [6.45, 7) is 6.01. The molecule has 3 aromatic rings. The number of carbonyl (C=O) groups is 2. The molecule has 2 aromatic carbocycles. The van der Waals surface area contributed by atoms with E-state index < -0.39 is 0 Å². The van der Waals surface area contributed by atoms with Gasteiger partial charge in [-0.25, -0.2) is 0 Å². The predicted molar refractivity (Wildman–Crippen MR) is 130 cm³/mol. The smallest absolute Gasteiger partial charge is 0.251 e. The van der Waals surface area contributed by atoms with E-state index in [1.165, 1.54) is 11.8 Å². The minimum absolute atomic E-state index is 0.0940. The Morgan fingerprint density at radius 3 is 2.52 bits per heavy atom. The predicted octanol–water partition coefficient (Wildman–Crippen LogP) is 3.99. The van der Waals surface area contributed by atoms with Gasteiger partial charge in [-0.2, -0.15) is 0 Å². The maximum atomic E-state index is 12.8. The minimum atomic E-state index is -0.323. The molecule has 0 unspecified atom stereocenters. The summed E-state index contributed by atoms with van der Waals surface area (Å²) in [5.41, 5.74) is 2.35. The van der Waals surface area contributed by atoms with E-state index in [0.29, 0.717) is 28.0 Å². The van der Waals surface area contributed by atoms with E-state index >= 15 is 0 Å². The fourth-order valence-electron chi connectivity index (χ4n) is 3.21. The highest BCUT2D eigenvalue weighted by Gasteiger charge is 2.25. The SMILES string of the molecule is COc1cccc(NC(=O)CSc2nnc([C@@H](NC(=O)c3ccc(C)cc3)C(C)C)n2C)c1. The lowest BCUT2D eigenvalue weighted by Crippen LogP contribution is -2.33. The molecule has 0 bridgehead atoms. The van der Waals surface area contributed by atoms with Crippen LogP contribution in [0.2, 0.25) is 0 Å². The molecule has 8 nitrogen and oxygen atoms in total. The standard InChI is InChI=1S/C24H29N5O3S/c1-15(2)21(26-23(31)17-11-9-16(3)10-12-17)22-27-28-24(29(22)4)33-14-20(30)25-18-7-6-8-19(13-18)32-5/h6-13,15,21H,14H2,1-5H3,(H,25,30)(H,26,31)/t21-/m0/s1. The molecule has 0 saturated heterocycles. The molecule has 0 aliphatic carbocycles. The number of hydrogen-bond donors (Lipinski definition) is 2. The zero-order chi connectivity index (χ0) is 24.0. The molecule has 0 fully saturated rings. The van der Waals surface area contributed by atoms with Gasteiger partial charge in [0, 0.05) is 24.4 Å². The van der Waals surface area contributed by atoms with Crippen molar-refractivity contribution >= 4 is 29.3 Å². The number of nitrogens with zero attached hydrogens (tertiary/aromatic N) is 3. The quantitative estimate of drug-likeness (QED) is 0.462. The Balaban J connectivity index is 1.65. The minimum Gasteiger partial charge on any atom is -0.497 e. The number of thioether (sulfide) groups is 1. The number of amides is 2. The first-order chi connectivity index (χ1) is 15.8. The first kappa shape index (κ1) is 24.3. The molecular formula is C24H29N5O3S. The molecule has 1 heterocycles. The molecule has 1 atom stereocenters. The van der Waals surface area contributed by atoms with Crippen LogP contribution in [-0.2, 0) is 11.8 Å². The molecule has 2 amide bonds. The Hall–Kier alpha value is -3.33. The number of rotatable bonds is 9. The molecule has 2 N–H and O–H groups in total. The summed E-state index contributed by atoms with van der Waals surface area (Å²) in [6.07, 6.45) is 0. The number of ether oxygens (including phenoxy) is 1. The Labute approximate surface area is 198 Å². The second-order valence-electron chi connectivity index (χ2n) is 8.03. The molecule has 0 aliphatic rings. The lowest BCUT2D eigenvalue weighted by Gasteiger charge is -2.21. The van der Waals surface area contributed by atoms with Crippen LogP contribution in [0.4, 0.5) is 5.69 Å². The molecule has 1 aromatic heterocycles. The van der Waals surface area contributed by atoms with Gasteiger partial charge in [0.15, 0.2) is 11.0 Å². The highest BCUT2D eigenvalue weighted by molar-refractivity contribution is 7.99. The third-order valence-electron chi connectivity index (χ3n) is 5.10. The van der Waals surface area contributed by atoms with Gasteiger partial charge in [0.1, 0.15) is 5.75 Å². The maximum absolute atomic E-state index is 12.8. The summed E-state index contributed by atoms with van der Waals surface area (Å²) in [5, 5.41) is 15.1. The van der Waals surface area contributed by atoms with Crippen molar-refractivity contribution in [3.8, 4) is 5.75 Å². The van der Waals surface area contributed by atoms with E-state index in [4.69, 9.17) is 4.74 Å². The molecule has 174 valence electrons. The van der Waals surface area contributed by atoms with E-state index in [1.54, 1.807) is 31.4 Å². The van der Waals surface area contributed by atoms with Crippen molar-refractivity contribution in [2.24, 2.45) is 13.0 Å². The van der Waals surface area contributed by atoms with Crippen LogP contribution in [0.3, 0.4) is 0 Å². The summed E-state index contributed by atoms with van der Waals surface area (Å²) in [4.78, 5) is 25.1. The van der Waals surface area contributed by atoms with Gasteiger partial charge < -0.3 is 19.9 Å². The van der Waals surface area contributed by atoms with Crippen LogP contribution in [0.15, 0.2) is 53.7 Å². The molecule has 0 radical (unpaired) electrons. The molecular weight excluding hydrogens is 438 g/mol. The highest BCUT2D eigenvalue weighted by Crippen LogP contribution is 2.25. The van der Waals surface area contributed by atoms with Crippen LogP contribution < -0.4 is 15.4 Å². The molecule has 3 rings (SSSR count). The molecule has 9 heteroatoms. The number of carbonyl (C=O) groups excluding carboxylic acids is 2. The average Bonchev–Trinajstić information content (AvgIpc) is 3.16. The normalized spacial score (nSPS) is 11.8. The van der Waals surface area contributed by atoms with Crippen LogP contribution in [0, 0.1) is 12.8 Å². The van der Waals surface area contributed by atoms with Gasteiger partial charge in [-0.05, 0) is 37.1 Å². The van der Waals surface area contributed by atoms with Gasteiger partial charge in [0.05, 0.1) is 18.9 Å². The van der Waals surface area contributed by atoms with E-state index in [0.717, 1.165) is 5.56 Å². The summed E-state index contributed by atoms with van der Waals surface area (Å²) >= 11 is 1.28. The molecule has 33 heavy (non-hydrogen) atoms. The first-order valence-electron chi connectivity index (χ1n) is 10.6. The van der Waals surface area contributed by atoms with E-state index in [9.17, 15) is 9.59 Å². The number of hydrogen-bond acceptors (Lipinski definition) is 6. The Morgan fingerprint density at radius 2 is 1.85 bits per heavy atom. The maximum Gasteiger partial charge on any atom is 0.251 e. The lowest BCUT2D eigenvalue weighted by molar-refractivity contribution is -0.113. The number of anilines is 1. The summed E-state index contributed by atoms with van der Waals surface area (Å²) in [6, 6.07) is 14.3. The van der Waals surface area contributed by atoms with Crippen molar-refractivity contribution in [3.63, 3.8) is 0 Å². The Bertz CT molecular complexity index is 1110.